The van der Waals surface area contributed by atoms with Crippen LogP contribution in [0, 0.1) is 0 Å². The largest absolute Gasteiger partial charge is 0.464 e. The SMILES string of the molecule is COC(=O)c1cc(CN(C)Cc2ccsc2)c[nH]1. The number of hydrogen-bond acceptors (Lipinski definition) is 4. The number of H-pyrrole nitrogens is 1. The number of hydrogen-bond donors (Lipinski definition) is 1. The van der Waals surface area contributed by atoms with Crippen molar-refractivity contribution in [2.24, 2.45) is 0 Å². The van der Waals surface area contributed by atoms with Crippen molar-refractivity contribution in [3.8, 4) is 0 Å². The number of esters is 1. The molecular formula is C13H16N2O2S. The fourth-order valence-corrected chi connectivity index (χ4v) is 2.48. The molecule has 0 spiro atoms. The van der Waals surface area contributed by atoms with Gasteiger partial charge in [-0.3, -0.25) is 4.90 Å². The molecule has 0 saturated carbocycles. The molecule has 0 aliphatic carbocycles. The van der Waals surface area contributed by atoms with Crippen LogP contribution in [0.2, 0.25) is 0 Å². The lowest BCUT2D eigenvalue weighted by Crippen LogP contribution is -2.16. The summed E-state index contributed by atoms with van der Waals surface area (Å²) < 4.78 is 4.66. The number of aromatic nitrogens is 1. The number of ether oxygens (including phenoxy) is 1. The Morgan fingerprint density at radius 3 is 2.89 bits per heavy atom. The molecule has 0 unspecified atom stereocenters. The lowest BCUT2D eigenvalue weighted by atomic mass is 10.2. The highest BCUT2D eigenvalue weighted by molar-refractivity contribution is 7.07. The Labute approximate surface area is 110 Å². The number of methoxy groups -OCH3 is 1. The molecule has 1 N–H and O–H groups in total. The minimum Gasteiger partial charge on any atom is -0.464 e. The van der Waals surface area contributed by atoms with Gasteiger partial charge in [-0.1, -0.05) is 0 Å². The number of rotatable bonds is 5. The van der Waals surface area contributed by atoms with E-state index in [0.717, 1.165) is 18.7 Å². The molecule has 0 atom stereocenters. The Morgan fingerprint density at radius 2 is 2.22 bits per heavy atom. The van der Waals surface area contributed by atoms with Crippen LogP contribution in [-0.2, 0) is 17.8 Å². The number of aromatic amines is 1. The third-order valence-electron chi connectivity index (χ3n) is 2.63. The highest BCUT2D eigenvalue weighted by Crippen LogP contribution is 2.12. The van der Waals surface area contributed by atoms with Gasteiger partial charge in [0.2, 0.25) is 0 Å². The molecule has 0 aliphatic heterocycles. The molecule has 0 fully saturated rings. The van der Waals surface area contributed by atoms with E-state index in [0.29, 0.717) is 5.69 Å². The highest BCUT2D eigenvalue weighted by Gasteiger charge is 2.09. The van der Waals surface area contributed by atoms with Crippen molar-refractivity contribution in [2.75, 3.05) is 14.2 Å². The van der Waals surface area contributed by atoms with E-state index in [2.05, 4.69) is 38.5 Å². The van der Waals surface area contributed by atoms with Crippen LogP contribution in [0.5, 0.6) is 0 Å². The quantitative estimate of drug-likeness (QED) is 0.844. The highest BCUT2D eigenvalue weighted by atomic mass is 32.1. The summed E-state index contributed by atoms with van der Waals surface area (Å²) in [6.45, 7) is 1.70. The van der Waals surface area contributed by atoms with E-state index in [1.807, 2.05) is 12.3 Å². The average Bonchev–Trinajstić information content (AvgIpc) is 2.99. The molecule has 0 amide bonds. The lowest BCUT2D eigenvalue weighted by Gasteiger charge is -2.14. The molecule has 0 bridgehead atoms. The van der Waals surface area contributed by atoms with Crippen LogP contribution in [0.4, 0.5) is 0 Å². The summed E-state index contributed by atoms with van der Waals surface area (Å²) >= 11 is 1.70. The molecule has 96 valence electrons. The molecule has 2 heterocycles. The van der Waals surface area contributed by atoms with Gasteiger partial charge in [0, 0.05) is 19.3 Å². The van der Waals surface area contributed by atoms with E-state index in [9.17, 15) is 4.79 Å². The van der Waals surface area contributed by atoms with Crippen LogP contribution >= 0.6 is 11.3 Å². The van der Waals surface area contributed by atoms with Crippen molar-refractivity contribution in [3.63, 3.8) is 0 Å². The minimum absolute atomic E-state index is 0.332. The third-order valence-corrected chi connectivity index (χ3v) is 3.37. The standard InChI is InChI=1S/C13H16N2O2S/c1-15(7-10-3-4-18-9-10)8-11-5-12(14-6-11)13(16)17-2/h3-6,9,14H,7-8H2,1-2H3. The summed E-state index contributed by atoms with van der Waals surface area (Å²) in [6.07, 6.45) is 1.84. The summed E-state index contributed by atoms with van der Waals surface area (Å²) in [6, 6.07) is 3.95. The fraction of sp³-hybridized carbons (Fsp3) is 0.308. The molecule has 5 heteroatoms. The van der Waals surface area contributed by atoms with Crippen molar-refractivity contribution in [1.29, 1.82) is 0 Å². The number of nitrogens with one attached hydrogen (secondary N) is 1. The van der Waals surface area contributed by atoms with Crippen LogP contribution in [0.25, 0.3) is 0 Å². The van der Waals surface area contributed by atoms with Gasteiger partial charge in [-0.05, 0) is 41.1 Å². The first-order valence-electron chi connectivity index (χ1n) is 5.64. The summed E-state index contributed by atoms with van der Waals surface area (Å²) in [5, 5.41) is 4.22. The smallest absolute Gasteiger partial charge is 0.354 e. The maximum absolute atomic E-state index is 11.3. The Kier molecular flexibility index (Phi) is 4.17. The van der Waals surface area contributed by atoms with Gasteiger partial charge in [0.25, 0.3) is 0 Å². The van der Waals surface area contributed by atoms with E-state index in [1.54, 1.807) is 11.3 Å². The van der Waals surface area contributed by atoms with Gasteiger partial charge in [-0.15, -0.1) is 0 Å². The maximum atomic E-state index is 11.3. The Balaban J connectivity index is 1.92. The normalized spacial score (nSPS) is 10.8. The molecule has 0 radical (unpaired) electrons. The number of nitrogens with zero attached hydrogens (tertiary/aromatic N) is 1. The van der Waals surface area contributed by atoms with E-state index in [4.69, 9.17) is 0 Å². The van der Waals surface area contributed by atoms with Gasteiger partial charge in [-0.2, -0.15) is 11.3 Å². The predicted molar refractivity (Wildman–Crippen MR) is 71.6 cm³/mol. The van der Waals surface area contributed by atoms with Crippen molar-refractivity contribution >= 4 is 17.3 Å². The molecule has 2 aromatic heterocycles. The van der Waals surface area contributed by atoms with Crippen molar-refractivity contribution in [1.82, 2.24) is 9.88 Å². The monoisotopic (exact) mass is 264 g/mol. The van der Waals surface area contributed by atoms with Crippen molar-refractivity contribution in [3.05, 3.63) is 45.9 Å². The second kappa shape index (κ2) is 5.84. The van der Waals surface area contributed by atoms with E-state index in [1.165, 1.54) is 12.7 Å². The topological polar surface area (TPSA) is 45.3 Å². The maximum Gasteiger partial charge on any atom is 0.354 e. The molecule has 2 aromatic rings. The molecule has 0 saturated heterocycles. The van der Waals surface area contributed by atoms with E-state index >= 15 is 0 Å². The van der Waals surface area contributed by atoms with Crippen molar-refractivity contribution < 1.29 is 9.53 Å². The van der Waals surface area contributed by atoms with Crippen molar-refractivity contribution in [2.45, 2.75) is 13.1 Å². The summed E-state index contributed by atoms with van der Waals surface area (Å²) in [5.74, 6) is -0.332. The Bertz CT molecular complexity index is 505. The number of carbonyl (C=O) groups excluding carboxylic acids is 1. The first-order valence-corrected chi connectivity index (χ1v) is 6.58. The van der Waals surface area contributed by atoms with Gasteiger partial charge in [0.15, 0.2) is 0 Å². The average molecular weight is 264 g/mol. The van der Waals surface area contributed by atoms with Gasteiger partial charge < -0.3 is 9.72 Å². The van der Waals surface area contributed by atoms with Crippen LogP contribution in [0.3, 0.4) is 0 Å². The first kappa shape index (κ1) is 12.9. The Morgan fingerprint density at radius 1 is 1.44 bits per heavy atom. The second-order valence-electron chi connectivity index (χ2n) is 4.22. The van der Waals surface area contributed by atoms with E-state index < -0.39 is 0 Å². The van der Waals surface area contributed by atoms with Gasteiger partial charge in [-0.25, -0.2) is 4.79 Å². The summed E-state index contributed by atoms with van der Waals surface area (Å²) in [4.78, 5) is 16.4. The Hall–Kier alpha value is -1.59. The van der Waals surface area contributed by atoms with Gasteiger partial charge in [0.05, 0.1) is 7.11 Å². The zero-order valence-corrected chi connectivity index (χ0v) is 11.3. The molecular weight excluding hydrogens is 248 g/mol. The summed E-state index contributed by atoms with van der Waals surface area (Å²) in [5.41, 5.74) is 2.88. The molecule has 0 aliphatic rings. The lowest BCUT2D eigenvalue weighted by molar-refractivity contribution is 0.0595. The number of thiophene rings is 1. The second-order valence-corrected chi connectivity index (χ2v) is 5.00. The molecule has 4 nitrogen and oxygen atoms in total. The zero-order valence-electron chi connectivity index (χ0n) is 10.5. The summed E-state index contributed by atoms with van der Waals surface area (Å²) in [7, 11) is 3.44. The zero-order chi connectivity index (χ0) is 13.0. The predicted octanol–water partition coefficient (Wildman–Crippen LogP) is 2.49. The van der Waals surface area contributed by atoms with Crippen LogP contribution < -0.4 is 0 Å². The number of carbonyl (C=O) groups is 1. The molecule has 18 heavy (non-hydrogen) atoms. The van der Waals surface area contributed by atoms with Crippen LogP contribution in [0.1, 0.15) is 21.6 Å². The first-order chi connectivity index (χ1) is 8.69. The van der Waals surface area contributed by atoms with Gasteiger partial charge >= 0.3 is 5.97 Å². The molecule has 0 aromatic carbocycles. The van der Waals surface area contributed by atoms with Gasteiger partial charge in [0.1, 0.15) is 5.69 Å². The fourth-order valence-electron chi connectivity index (χ4n) is 1.82. The van der Waals surface area contributed by atoms with Crippen LogP contribution in [0.15, 0.2) is 29.1 Å². The third kappa shape index (κ3) is 3.21. The van der Waals surface area contributed by atoms with Crippen LogP contribution in [-0.4, -0.2) is 30.0 Å². The van der Waals surface area contributed by atoms with E-state index in [-0.39, 0.29) is 5.97 Å². The molecule has 2 rings (SSSR count). The minimum atomic E-state index is -0.332.